The van der Waals surface area contributed by atoms with E-state index in [4.69, 9.17) is 0 Å². The van der Waals surface area contributed by atoms with Gasteiger partial charge in [-0.3, -0.25) is 4.79 Å². The molecule has 3 nitrogen and oxygen atoms in total. The number of aliphatic hydroxyl groups excluding tert-OH is 1. The van der Waals surface area contributed by atoms with Crippen LogP contribution in [-0.4, -0.2) is 23.7 Å². The van der Waals surface area contributed by atoms with Gasteiger partial charge in [0.1, 0.15) is 5.82 Å². The van der Waals surface area contributed by atoms with E-state index in [1.54, 1.807) is 18.2 Å². The van der Waals surface area contributed by atoms with E-state index < -0.39 is 6.10 Å². The first-order chi connectivity index (χ1) is 8.13. The average molecular weight is 237 g/mol. The highest BCUT2D eigenvalue weighted by atomic mass is 19.1. The Morgan fingerprint density at radius 2 is 2.24 bits per heavy atom. The fourth-order valence-corrected chi connectivity index (χ4v) is 1.20. The van der Waals surface area contributed by atoms with Gasteiger partial charge in [-0.15, -0.1) is 0 Å². The monoisotopic (exact) mass is 237 g/mol. The van der Waals surface area contributed by atoms with E-state index in [2.05, 4.69) is 5.32 Å². The topological polar surface area (TPSA) is 49.3 Å². The fraction of sp³-hybridized carbons (Fsp3) is 0.308. The minimum Gasteiger partial charge on any atom is -0.391 e. The Morgan fingerprint density at radius 3 is 2.88 bits per heavy atom. The van der Waals surface area contributed by atoms with Crippen LogP contribution in [0.4, 0.5) is 4.39 Å². The van der Waals surface area contributed by atoms with Crippen LogP contribution in [0.15, 0.2) is 30.3 Å². The first-order valence-corrected chi connectivity index (χ1v) is 5.52. The van der Waals surface area contributed by atoms with E-state index in [1.807, 2.05) is 6.92 Å². The summed E-state index contributed by atoms with van der Waals surface area (Å²) in [6.07, 6.45) is 2.70. The van der Waals surface area contributed by atoms with Gasteiger partial charge in [0.05, 0.1) is 6.10 Å². The van der Waals surface area contributed by atoms with Crippen LogP contribution < -0.4 is 5.32 Å². The lowest BCUT2D eigenvalue weighted by Gasteiger charge is -2.07. The molecule has 1 atom stereocenters. The number of benzene rings is 1. The van der Waals surface area contributed by atoms with Gasteiger partial charge in [0, 0.05) is 18.2 Å². The number of hydrogen-bond acceptors (Lipinski definition) is 2. The van der Waals surface area contributed by atoms with Gasteiger partial charge in [-0.25, -0.2) is 4.39 Å². The molecule has 0 bridgehead atoms. The van der Waals surface area contributed by atoms with Crippen LogP contribution in [0, 0.1) is 5.82 Å². The molecule has 92 valence electrons. The van der Waals surface area contributed by atoms with Crippen molar-refractivity contribution in [2.24, 2.45) is 0 Å². The van der Waals surface area contributed by atoms with E-state index >= 15 is 0 Å². The van der Waals surface area contributed by atoms with Crippen molar-refractivity contribution in [2.45, 2.75) is 19.4 Å². The second-order valence-electron chi connectivity index (χ2n) is 3.66. The maximum absolute atomic E-state index is 13.2. The Hall–Kier alpha value is -1.68. The van der Waals surface area contributed by atoms with Crippen LogP contribution in [0.3, 0.4) is 0 Å². The maximum atomic E-state index is 13.2. The summed E-state index contributed by atoms with van der Waals surface area (Å²) in [5.74, 6) is -0.717. The number of amides is 1. The smallest absolute Gasteiger partial charge is 0.244 e. The molecule has 2 N–H and O–H groups in total. The predicted octanol–water partition coefficient (Wildman–Crippen LogP) is 1.73. The molecule has 0 aromatic heterocycles. The summed E-state index contributed by atoms with van der Waals surface area (Å²) >= 11 is 0. The number of aliphatic hydroxyl groups is 1. The van der Waals surface area contributed by atoms with E-state index in [0.29, 0.717) is 12.0 Å². The number of halogens is 1. The highest BCUT2D eigenvalue weighted by Gasteiger charge is 2.02. The van der Waals surface area contributed by atoms with Crippen molar-refractivity contribution < 1.29 is 14.3 Å². The molecule has 0 radical (unpaired) electrons. The first kappa shape index (κ1) is 13.4. The molecule has 0 spiro atoms. The normalized spacial score (nSPS) is 12.6. The van der Waals surface area contributed by atoms with Gasteiger partial charge in [-0.05, 0) is 18.6 Å². The van der Waals surface area contributed by atoms with Gasteiger partial charge in [0.25, 0.3) is 0 Å². The summed E-state index contributed by atoms with van der Waals surface area (Å²) in [6, 6.07) is 6.20. The van der Waals surface area contributed by atoms with Crippen molar-refractivity contribution in [3.05, 3.63) is 41.7 Å². The maximum Gasteiger partial charge on any atom is 0.244 e. The zero-order valence-electron chi connectivity index (χ0n) is 9.69. The van der Waals surface area contributed by atoms with Crippen molar-refractivity contribution in [1.29, 1.82) is 0 Å². The number of hydrogen-bond donors (Lipinski definition) is 2. The van der Waals surface area contributed by atoms with Crippen molar-refractivity contribution in [3.63, 3.8) is 0 Å². The molecule has 4 heteroatoms. The molecule has 0 saturated heterocycles. The second-order valence-corrected chi connectivity index (χ2v) is 3.66. The van der Waals surface area contributed by atoms with Crippen molar-refractivity contribution in [3.8, 4) is 0 Å². The summed E-state index contributed by atoms with van der Waals surface area (Å²) in [5, 5.41) is 11.8. The van der Waals surface area contributed by atoms with Crippen molar-refractivity contribution in [2.75, 3.05) is 6.54 Å². The highest BCUT2D eigenvalue weighted by molar-refractivity contribution is 5.91. The molecule has 1 unspecified atom stereocenters. The molecule has 17 heavy (non-hydrogen) atoms. The molecule has 0 aliphatic rings. The van der Waals surface area contributed by atoms with Gasteiger partial charge in [0.15, 0.2) is 0 Å². The first-order valence-electron chi connectivity index (χ1n) is 5.52. The molecule has 1 amide bonds. The Balaban J connectivity index is 2.49. The lowest BCUT2D eigenvalue weighted by molar-refractivity contribution is -0.116. The van der Waals surface area contributed by atoms with Crippen LogP contribution in [-0.2, 0) is 4.79 Å². The standard InChI is InChI=1S/C13H16FNO2/c1-2-11(16)9-15-13(17)8-7-10-5-3-4-6-12(10)14/h3-8,11,16H,2,9H2,1H3,(H,15,17)/b8-7+. The molecule has 0 aliphatic heterocycles. The average Bonchev–Trinajstić information content (AvgIpc) is 2.35. The molecular weight excluding hydrogens is 221 g/mol. The van der Waals surface area contributed by atoms with E-state index in [1.165, 1.54) is 18.2 Å². The lowest BCUT2D eigenvalue weighted by atomic mass is 10.2. The van der Waals surface area contributed by atoms with Crippen LogP contribution in [0.25, 0.3) is 6.08 Å². The quantitative estimate of drug-likeness (QED) is 0.766. The van der Waals surface area contributed by atoms with E-state index in [-0.39, 0.29) is 18.3 Å². The summed E-state index contributed by atoms with van der Waals surface area (Å²) in [6.45, 7) is 2.03. The molecule has 0 saturated carbocycles. The largest absolute Gasteiger partial charge is 0.391 e. The Morgan fingerprint density at radius 1 is 1.53 bits per heavy atom. The highest BCUT2D eigenvalue weighted by Crippen LogP contribution is 2.07. The van der Waals surface area contributed by atoms with Crippen LogP contribution in [0.2, 0.25) is 0 Å². The van der Waals surface area contributed by atoms with E-state index in [0.717, 1.165) is 0 Å². The van der Waals surface area contributed by atoms with Gasteiger partial charge >= 0.3 is 0 Å². The summed E-state index contributed by atoms with van der Waals surface area (Å²) in [4.78, 5) is 11.3. The van der Waals surface area contributed by atoms with Crippen LogP contribution in [0.5, 0.6) is 0 Å². The van der Waals surface area contributed by atoms with Gasteiger partial charge in [-0.2, -0.15) is 0 Å². The predicted molar refractivity (Wildman–Crippen MR) is 64.7 cm³/mol. The molecule has 0 heterocycles. The third kappa shape index (κ3) is 4.78. The Kier molecular flexibility index (Phi) is 5.36. The SMILES string of the molecule is CCC(O)CNC(=O)/C=C/c1ccccc1F. The Labute approximate surface area is 100.0 Å². The number of carbonyl (C=O) groups is 1. The third-order valence-corrected chi connectivity index (χ3v) is 2.30. The molecule has 0 fully saturated rings. The summed E-state index contributed by atoms with van der Waals surface area (Å²) < 4.78 is 13.2. The molecule has 1 rings (SSSR count). The van der Waals surface area contributed by atoms with Crippen molar-refractivity contribution in [1.82, 2.24) is 5.32 Å². The zero-order chi connectivity index (χ0) is 12.7. The summed E-state index contributed by atoms with van der Waals surface area (Å²) in [5.41, 5.74) is 0.360. The molecule has 1 aromatic rings. The minimum absolute atomic E-state index is 0.205. The van der Waals surface area contributed by atoms with E-state index in [9.17, 15) is 14.3 Å². The number of nitrogens with one attached hydrogen (secondary N) is 1. The molecule has 0 aliphatic carbocycles. The third-order valence-electron chi connectivity index (χ3n) is 2.30. The Bertz CT molecular complexity index is 404. The minimum atomic E-state index is -0.541. The van der Waals surface area contributed by atoms with Gasteiger partial charge in [0.2, 0.25) is 5.91 Å². The van der Waals surface area contributed by atoms with Crippen LogP contribution in [0.1, 0.15) is 18.9 Å². The van der Waals surface area contributed by atoms with Gasteiger partial charge < -0.3 is 10.4 Å². The molecule has 1 aromatic carbocycles. The van der Waals surface area contributed by atoms with Crippen LogP contribution >= 0.6 is 0 Å². The molecular formula is C13H16FNO2. The lowest BCUT2D eigenvalue weighted by Crippen LogP contribution is -2.30. The number of rotatable bonds is 5. The zero-order valence-corrected chi connectivity index (χ0v) is 9.69. The summed E-state index contributed by atoms with van der Waals surface area (Å²) in [7, 11) is 0. The number of carbonyl (C=O) groups excluding carboxylic acids is 1. The second kappa shape index (κ2) is 6.81. The van der Waals surface area contributed by atoms with Crippen molar-refractivity contribution >= 4 is 12.0 Å². The van der Waals surface area contributed by atoms with Gasteiger partial charge in [-0.1, -0.05) is 25.1 Å². The fourth-order valence-electron chi connectivity index (χ4n) is 1.20.